The fourth-order valence-electron chi connectivity index (χ4n) is 6.09. The minimum atomic E-state index is -0.462. The average Bonchev–Trinajstić information content (AvgIpc) is 2.95. The second kappa shape index (κ2) is 9.87. The standard InChI is InChI=1S/C31H31N3O3/c1-3-20-19-34-15-13-23(20)17-29(34)30(26-12-14-32-28-11-10-25(36-2)18-27(26)28)37-31(35)33-24-9-8-21-6-4-5-7-22(21)16-24/h3-12,14,16,18,20,23,29-30H,1,13,15,17,19H2,2H3,(H,33,35)/t20-,23?,29-,30+/m0/s1. The predicted molar refractivity (Wildman–Crippen MR) is 147 cm³/mol. The van der Waals surface area contributed by atoms with E-state index in [1.807, 2.05) is 60.7 Å². The molecule has 4 heterocycles. The summed E-state index contributed by atoms with van der Waals surface area (Å²) in [6, 6.07) is 21.9. The highest BCUT2D eigenvalue weighted by Gasteiger charge is 2.44. The molecule has 2 unspecified atom stereocenters. The number of anilines is 1. The van der Waals surface area contributed by atoms with Crippen LogP contribution < -0.4 is 10.1 Å². The molecule has 1 amide bonds. The molecule has 3 aliphatic heterocycles. The van der Waals surface area contributed by atoms with Gasteiger partial charge in [-0.15, -0.1) is 6.58 Å². The first-order chi connectivity index (χ1) is 18.1. The van der Waals surface area contributed by atoms with Gasteiger partial charge in [-0.1, -0.05) is 36.4 Å². The molecular formula is C31H31N3O3. The Bertz CT molecular complexity index is 1470. The van der Waals surface area contributed by atoms with Crippen molar-refractivity contribution < 1.29 is 14.3 Å². The summed E-state index contributed by atoms with van der Waals surface area (Å²) in [7, 11) is 1.66. The smallest absolute Gasteiger partial charge is 0.412 e. The van der Waals surface area contributed by atoms with Gasteiger partial charge in [0.2, 0.25) is 0 Å². The number of ether oxygens (including phenoxy) is 2. The maximum Gasteiger partial charge on any atom is 0.412 e. The third kappa shape index (κ3) is 4.53. The highest BCUT2D eigenvalue weighted by molar-refractivity contribution is 5.91. The molecule has 3 aromatic carbocycles. The Labute approximate surface area is 216 Å². The Morgan fingerprint density at radius 2 is 2.00 bits per heavy atom. The number of carbonyl (C=O) groups excluding carboxylic acids is 1. The number of benzene rings is 3. The van der Waals surface area contributed by atoms with Crippen LogP contribution in [0.2, 0.25) is 0 Å². The van der Waals surface area contributed by atoms with Gasteiger partial charge in [0.05, 0.1) is 18.7 Å². The van der Waals surface area contributed by atoms with Crippen LogP contribution in [0.3, 0.4) is 0 Å². The van der Waals surface area contributed by atoms with Crippen LogP contribution in [0.25, 0.3) is 21.7 Å². The molecule has 1 N–H and O–H groups in total. The third-order valence-corrected chi connectivity index (χ3v) is 8.02. The third-order valence-electron chi connectivity index (χ3n) is 8.02. The van der Waals surface area contributed by atoms with Crippen LogP contribution in [0.5, 0.6) is 5.75 Å². The fraction of sp³-hybridized carbons (Fsp3) is 0.290. The fourth-order valence-corrected chi connectivity index (χ4v) is 6.09. The molecule has 6 heteroatoms. The normalized spacial score (nSPS) is 23.5. The van der Waals surface area contributed by atoms with E-state index < -0.39 is 12.2 Å². The Balaban J connectivity index is 1.34. The van der Waals surface area contributed by atoms with Gasteiger partial charge in [0.25, 0.3) is 0 Å². The van der Waals surface area contributed by atoms with Gasteiger partial charge in [-0.05, 0) is 78.4 Å². The predicted octanol–water partition coefficient (Wildman–Crippen LogP) is 6.58. The van der Waals surface area contributed by atoms with Gasteiger partial charge in [-0.2, -0.15) is 0 Å². The number of aromatic nitrogens is 1. The van der Waals surface area contributed by atoms with Gasteiger partial charge in [-0.25, -0.2) is 4.79 Å². The van der Waals surface area contributed by atoms with Crippen molar-refractivity contribution in [3.63, 3.8) is 0 Å². The topological polar surface area (TPSA) is 63.7 Å². The molecule has 7 rings (SSSR count). The van der Waals surface area contributed by atoms with Crippen molar-refractivity contribution in [2.45, 2.75) is 25.0 Å². The van der Waals surface area contributed by atoms with E-state index in [0.29, 0.717) is 17.5 Å². The summed E-state index contributed by atoms with van der Waals surface area (Å²) in [4.78, 5) is 20.4. The molecule has 3 aliphatic rings. The van der Waals surface area contributed by atoms with Crippen LogP contribution in [0, 0.1) is 11.8 Å². The molecule has 0 radical (unpaired) electrons. The van der Waals surface area contributed by atoms with Gasteiger partial charge in [0.15, 0.2) is 0 Å². The minimum Gasteiger partial charge on any atom is -0.497 e. The van der Waals surface area contributed by atoms with Crippen LogP contribution in [0.1, 0.15) is 24.5 Å². The quantitative estimate of drug-likeness (QED) is 0.307. The van der Waals surface area contributed by atoms with Crippen molar-refractivity contribution in [3.05, 3.63) is 91.1 Å². The molecule has 5 atom stereocenters. The van der Waals surface area contributed by atoms with Crippen LogP contribution in [0.4, 0.5) is 10.5 Å². The summed E-state index contributed by atoms with van der Waals surface area (Å²) < 4.78 is 11.8. The highest BCUT2D eigenvalue weighted by Crippen LogP contribution is 2.43. The molecule has 188 valence electrons. The van der Waals surface area contributed by atoms with E-state index in [-0.39, 0.29) is 6.04 Å². The Kier molecular flexibility index (Phi) is 6.26. The lowest BCUT2D eigenvalue weighted by molar-refractivity contribution is -0.0473. The summed E-state index contributed by atoms with van der Waals surface area (Å²) in [5.74, 6) is 1.77. The van der Waals surface area contributed by atoms with E-state index in [9.17, 15) is 4.79 Å². The Morgan fingerprint density at radius 3 is 2.78 bits per heavy atom. The highest BCUT2D eigenvalue weighted by atomic mass is 16.6. The molecule has 37 heavy (non-hydrogen) atoms. The molecular weight excluding hydrogens is 462 g/mol. The molecule has 0 saturated carbocycles. The molecule has 3 saturated heterocycles. The monoisotopic (exact) mass is 493 g/mol. The van der Waals surface area contributed by atoms with Gasteiger partial charge in [-0.3, -0.25) is 15.2 Å². The number of nitrogens with one attached hydrogen (secondary N) is 1. The first kappa shape index (κ1) is 23.5. The first-order valence-electron chi connectivity index (χ1n) is 12.9. The zero-order chi connectivity index (χ0) is 25.4. The number of nitrogens with zero attached hydrogens (tertiary/aromatic N) is 2. The van der Waals surface area contributed by atoms with E-state index in [4.69, 9.17) is 9.47 Å². The van der Waals surface area contributed by atoms with Crippen molar-refractivity contribution in [2.75, 3.05) is 25.5 Å². The maximum absolute atomic E-state index is 13.4. The Hall–Kier alpha value is -3.90. The number of hydrogen-bond donors (Lipinski definition) is 1. The number of rotatable bonds is 6. The van der Waals surface area contributed by atoms with E-state index in [0.717, 1.165) is 58.9 Å². The number of hydrogen-bond acceptors (Lipinski definition) is 5. The lowest BCUT2D eigenvalue weighted by Gasteiger charge is -2.51. The van der Waals surface area contributed by atoms with E-state index in [1.54, 1.807) is 13.3 Å². The minimum absolute atomic E-state index is 0.0779. The van der Waals surface area contributed by atoms with Gasteiger partial charge in [0, 0.05) is 29.4 Å². The largest absolute Gasteiger partial charge is 0.497 e. The number of pyridine rings is 1. The zero-order valence-corrected chi connectivity index (χ0v) is 21.0. The summed E-state index contributed by atoms with van der Waals surface area (Å²) in [5, 5.41) is 6.10. The molecule has 3 fully saturated rings. The van der Waals surface area contributed by atoms with Gasteiger partial charge < -0.3 is 9.47 Å². The maximum atomic E-state index is 13.4. The summed E-state index contributed by atoms with van der Waals surface area (Å²) >= 11 is 0. The van der Waals surface area contributed by atoms with Crippen LogP contribution >= 0.6 is 0 Å². The second-order valence-electron chi connectivity index (χ2n) is 10.0. The van der Waals surface area contributed by atoms with Crippen molar-refractivity contribution in [2.24, 2.45) is 11.8 Å². The van der Waals surface area contributed by atoms with Crippen molar-refractivity contribution in [3.8, 4) is 5.75 Å². The molecule has 2 bridgehead atoms. The molecule has 0 spiro atoms. The first-order valence-corrected chi connectivity index (χ1v) is 12.9. The van der Waals surface area contributed by atoms with Gasteiger partial charge in [0.1, 0.15) is 11.9 Å². The van der Waals surface area contributed by atoms with Crippen LogP contribution in [-0.2, 0) is 4.74 Å². The number of fused-ring (bicyclic) bond motifs is 5. The van der Waals surface area contributed by atoms with Crippen molar-refractivity contribution in [1.29, 1.82) is 0 Å². The average molecular weight is 494 g/mol. The van der Waals surface area contributed by atoms with Crippen LogP contribution in [-0.4, -0.2) is 42.2 Å². The number of piperidine rings is 3. The molecule has 6 nitrogen and oxygen atoms in total. The van der Waals surface area contributed by atoms with E-state index >= 15 is 0 Å². The summed E-state index contributed by atoms with van der Waals surface area (Å²) in [5.41, 5.74) is 2.51. The summed E-state index contributed by atoms with van der Waals surface area (Å²) in [6.45, 7) is 6.00. The lowest BCUT2D eigenvalue weighted by Crippen LogP contribution is -2.55. The number of methoxy groups -OCH3 is 1. The number of carbonyl (C=O) groups is 1. The van der Waals surface area contributed by atoms with E-state index in [2.05, 4.69) is 33.9 Å². The van der Waals surface area contributed by atoms with Crippen LogP contribution in [0.15, 0.2) is 85.6 Å². The lowest BCUT2D eigenvalue weighted by atomic mass is 9.73. The van der Waals surface area contributed by atoms with Gasteiger partial charge >= 0.3 is 6.09 Å². The van der Waals surface area contributed by atoms with E-state index in [1.165, 1.54) is 0 Å². The summed E-state index contributed by atoms with van der Waals surface area (Å²) in [6.07, 6.45) is 5.07. The molecule has 0 aliphatic carbocycles. The Morgan fingerprint density at radius 1 is 1.14 bits per heavy atom. The molecule has 1 aromatic heterocycles. The van der Waals surface area contributed by atoms with Crippen molar-refractivity contribution in [1.82, 2.24) is 9.88 Å². The second-order valence-corrected chi connectivity index (χ2v) is 10.0. The number of amides is 1. The van der Waals surface area contributed by atoms with Crippen molar-refractivity contribution >= 4 is 33.5 Å². The SMILES string of the molecule is C=C[C@H]1CN2CCC1C[C@H]2[C@H](OC(=O)Nc1ccc2ccccc2c1)c1ccnc2ccc(OC)cc12. The zero-order valence-electron chi connectivity index (χ0n) is 21.0. The molecule has 4 aromatic rings.